The van der Waals surface area contributed by atoms with Crippen LogP contribution in [-0.4, -0.2) is 31.1 Å². The number of fused-ring (bicyclic) bond motifs is 1. The summed E-state index contributed by atoms with van der Waals surface area (Å²) in [6.07, 6.45) is 6.33. The smallest absolute Gasteiger partial charge is 0.274 e. The fourth-order valence-electron chi connectivity index (χ4n) is 2.20. The van der Waals surface area contributed by atoms with Crippen LogP contribution in [0.15, 0.2) is 61.2 Å². The molecule has 4 rings (SSSR count). The molecule has 4 heterocycles. The molecule has 8 heteroatoms. The van der Waals surface area contributed by atoms with Gasteiger partial charge in [-0.3, -0.25) is 14.9 Å². The summed E-state index contributed by atoms with van der Waals surface area (Å²) in [5, 5.41) is 9.41. The Morgan fingerprint density at radius 1 is 1.08 bits per heavy atom. The third-order valence-electron chi connectivity index (χ3n) is 3.38. The van der Waals surface area contributed by atoms with E-state index in [2.05, 4.69) is 30.5 Å². The maximum Gasteiger partial charge on any atom is 0.274 e. The predicted octanol–water partition coefficient (Wildman–Crippen LogP) is 2.79. The third-order valence-corrected chi connectivity index (χ3v) is 3.38. The molecule has 0 aromatic carbocycles. The van der Waals surface area contributed by atoms with Crippen LogP contribution in [0, 0.1) is 0 Å². The molecule has 2 N–H and O–H groups in total. The Hall–Kier alpha value is -3.81. The number of rotatable bonds is 4. The normalized spacial score (nSPS) is 10.6. The highest BCUT2D eigenvalue weighted by Gasteiger charge is 2.10. The van der Waals surface area contributed by atoms with Gasteiger partial charge in [0.1, 0.15) is 17.0 Å². The van der Waals surface area contributed by atoms with Crippen LogP contribution < -0.4 is 10.1 Å². The molecule has 4 aromatic heterocycles. The molecule has 0 saturated carbocycles. The zero-order valence-electron chi connectivity index (χ0n) is 12.9. The van der Waals surface area contributed by atoms with Gasteiger partial charge in [0.2, 0.25) is 5.88 Å². The number of carbonyl (C=O) groups excluding carboxylic acids is 1. The molecule has 1 amide bonds. The lowest BCUT2D eigenvalue weighted by molar-refractivity contribution is 0.102. The van der Waals surface area contributed by atoms with Crippen molar-refractivity contribution in [2.75, 3.05) is 5.32 Å². The van der Waals surface area contributed by atoms with Gasteiger partial charge in [0, 0.05) is 12.3 Å². The molecule has 0 fully saturated rings. The maximum absolute atomic E-state index is 12.3. The molecule has 0 unspecified atom stereocenters. The number of aromatic nitrogens is 5. The number of hydrogen-bond acceptors (Lipinski definition) is 6. The van der Waals surface area contributed by atoms with Gasteiger partial charge in [0.15, 0.2) is 0 Å². The number of pyridine rings is 3. The number of nitrogens with one attached hydrogen (secondary N) is 2. The first kappa shape index (κ1) is 14.8. The highest BCUT2D eigenvalue weighted by molar-refractivity contribution is 6.03. The number of amides is 1. The van der Waals surface area contributed by atoms with E-state index in [4.69, 9.17) is 4.74 Å². The van der Waals surface area contributed by atoms with E-state index in [1.165, 1.54) is 6.20 Å². The van der Waals surface area contributed by atoms with E-state index >= 15 is 0 Å². The fourth-order valence-corrected chi connectivity index (χ4v) is 2.20. The first-order chi connectivity index (χ1) is 12.3. The highest BCUT2D eigenvalue weighted by Crippen LogP contribution is 2.19. The van der Waals surface area contributed by atoms with E-state index in [-0.39, 0.29) is 5.91 Å². The van der Waals surface area contributed by atoms with Crippen molar-refractivity contribution in [1.82, 2.24) is 25.1 Å². The highest BCUT2D eigenvalue weighted by atomic mass is 16.5. The molecule has 0 bridgehead atoms. The second kappa shape index (κ2) is 6.36. The Balaban J connectivity index is 1.46. The van der Waals surface area contributed by atoms with Crippen LogP contribution in [0.5, 0.6) is 11.6 Å². The average molecular weight is 332 g/mol. The minimum atomic E-state index is -0.328. The lowest BCUT2D eigenvalue weighted by Gasteiger charge is -2.06. The summed E-state index contributed by atoms with van der Waals surface area (Å²) in [4.78, 5) is 24.7. The van der Waals surface area contributed by atoms with Crippen LogP contribution in [0.4, 0.5) is 5.69 Å². The summed E-state index contributed by atoms with van der Waals surface area (Å²) in [5.74, 6) is 0.666. The molecule has 0 spiro atoms. The molecule has 122 valence electrons. The van der Waals surface area contributed by atoms with E-state index in [1.54, 1.807) is 55.0 Å². The Bertz CT molecular complexity index is 1010. The SMILES string of the molecule is O=C(Nc1ccc(Oc2cccnc2)nc1)c1ccc2[nH]ncc2n1. The second-order valence-electron chi connectivity index (χ2n) is 5.13. The number of nitrogens with zero attached hydrogens (tertiary/aromatic N) is 4. The summed E-state index contributed by atoms with van der Waals surface area (Å²) in [6.45, 7) is 0. The number of aromatic amines is 1. The molecule has 0 aliphatic carbocycles. The number of ether oxygens (including phenoxy) is 1. The average Bonchev–Trinajstić information content (AvgIpc) is 3.12. The second-order valence-corrected chi connectivity index (χ2v) is 5.13. The molecule has 0 aliphatic heterocycles. The van der Waals surface area contributed by atoms with Crippen LogP contribution in [0.3, 0.4) is 0 Å². The molecule has 8 nitrogen and oxygen atoms in total. The van der Waals surface area contributed by atoms with Crippen LogP contribution in [0.2, 0.25) is 0 Å². The van der Waals surface area contributed by atoms with E-state index in [9.17, 15) is 4.79 Å². The van der Waals surface area contributed by atoms with Crippen molar-refractivity contribution in [2.45, 2.75) is 0 Å². The largest absolute Gasteiger partial charge is 0.437 e. The number of carbonyl (C=O) groups is 1. The molecule has 0 atom stereocenters. The minimum absolute atomic E-state index is 0.296. The van der Waals surface area contributed by atoms with E-state index < -0.39 is 0 Å². The van der Waals surface area contributed by atoms with E-state index in [0.29, 0.717) is 28.5 Å². The zero-order valence-corrected chi connectivity index (χ0v) is 12.9. The van der Waals surface area contributed by atoms with Crippen molar-refractivity contribution in [3.8, 4) is 11.6 Å². The summed E-state index contributed by atoms with van der Waals surface area (Å²) >= 11 is 0. The maximum atomic E-state index is 12.3. The topological polar surface area (TPSA) is 106 Å². The molecule has 0 saturated heterocycles. The minimum Gasteiger partial charge on any atom is -0.437 e. The van der Waals surface area contributed by atoms with Gasteiger partial charge in [-0.2, -0.15) is 5.10 Å². The van der Waals surface area contributed by atoms with E-state index in [0.717, 1.165) is 5.52 Å². The van der Waals surface area contributed by atoms with Crippen molar-refractivity contribution in [3.63, 3.8) is 0 Å². The van der Waals surface area contributed by atoms with Gasteiger partial charge < -0.3 is 10.1 Å². The van der Waals surface area contributed by atoms with Gasteiger partial charge in [-0.15, -0.1) is 0 Å². The first-order valence-electron chi connectivity index (χ1n) is 7.43. The van der Waals surface area contributed by atoms with Gasteiger partial charge in [0.25, 0.3) is 5.91 Å². The number of hydrogen-bond donors (Lipinski definition) is 2. The Morgan fingerprint density at radius 2 is 2.04 bits per heavy atom. The van der Waals surface area contributed by atoms with Gasteiger partial charge in [-0.05, 0) is 30.3 Å². The molecular formula is C17H12N6O2. The zero-order chi connectivity index (χ0) is 17.1. The molecule has 0 aliphatic rings. The molecule has 25 heavy (non-hydrogen) atoms. The van der Waals surface area contributed by atoms with Gasteiger partial charge >= 0.3 is 0 Å². The van der Waals surface area contributed by atoms with Gasteiger partial charge in [-0.25, -0.2) is 9.97 Å². The van der Waals surface area contributed by atoms with Crippen LogP contribution >= 0.6 is 0 Å². The third kappa shape index (κ3) is 3.27. The summed E-state index contributed by atoms with van der Waals surface area (Å²) in [7, 11) is 0. The Morgan fingerprint density at radius 3 is 2.84 bits per heavy atom. The Kier molecular flexibility index (Phi) is 3.76. The lowest BCUT2D eigenvalue weighted by atomic mass is 10.3. The van der Waals surface area contributed by atoms with Crippen LogP contribution in [0.1, 0.15) is 10.5 Å². The molecule has 0 radical (unpaired) electrons. The summed E-state index contributed by atoms with van der Waals surface area (Å²) in [5.41, 5.74) is 2.24. The van der Waals surface area contributed by atoms with Crippen molar-refractivity contribution < 1.29 is 9.53 Å². The number of H-pyrrole nitrogens is 1. The number of anilines is 1. The lowest BCUT2D eigenvalue weighted by Crippen LogP contribution is -2.13. The molecular weight excluding hydrogens is 320 g/mol. The van der Waals surface area contributed by atoms with Gasteiger partial charge in [-0.1, -0.05) is 0 Å². The van der Waals surface area contributed by atoms with Crippen molar-refractivity contribution in [2.24, 2.45) is 0 Å². The Labute approximate surface area is 141 Å². The summed E-state index contributed by atoms with van der Waals surface area (Å²) < 4.78 is 5.55. The van der Waals surface area contributed by atoms with Crippen LogP contribution in [0.25, 0.3) is 11.0 Å². The first-order valence-corrected chi connectivity index (χ1v) is 7.43. The van der Waals surface area contributed by atoms with E-state index in [1.807, 2.05) is 0 Å². The monoisotopic (exact) mass is 332 g/mol. The standard InChI is InChI=1S/C17H12N6O2/c24-17(14-5-4-13-15(22-14)10-20-23-13)21-11-3-6-16(19-8-11)25-12-2-1-7-18-9-12/h1-10H,(H,20,23)(H,21,24). The van der Waals surface area contributed by atoms with Crippen molar-refractivity contribution >= 4 is 22.6 Å². The van der Waals surface area contributed by atoms with Crippen molar-refractivity contribution in [3.05, 3.63) is 66.9 Å². The van der Waals surface area contributed by atoms with Crippen LogP contribution in [-0.2, 0) is 0 Å². The van der Waals surface area contributed by atoms with Gasteiger partial charge in [0.05, 0.1) is 29.8 Å². The predicted molar refractivity (Wildman–Crippen MR) is 90.4 cm³/mol. The quantitative estimate of drug-likeness (QED) is 0.595. The summed E-state index contributed by atoms with van der Waals surface area (Å²) in [6, 6.07) is 10.3. The van der Waals surface area contributed by atoms with Crippen molar-refractivity contribution in [1.29, 1.82) is 0 Å². The molecule has 4 aromatic rings. The fraction of sp³-hybridized carbons (Fsp3) is 0.